The van der Waals surface area contributed by atoms with Crippen LogP contribution in [0.15, 0.2) is 46.1 Å². The summed E-state index contributed by atoms with van der Waals surface area (Å²) < 4.78 is 44.0. The Labute approximate surface area is 194 Å². The molecular formula is C21H25FN2O9P+. The molecule has 0 radical (unpaired) electrons. The van der Waals surface area contributed by atoms with Crippen molar-refractivity contribution in [2.45, 2.75) is 57.6 Å². The number of nitrogens with one attached hydrogen (secondary N) is 1. The molecule has 3 heterocycles. The van der Waals surface area contributed by atoms with Crippen LogP contribution in [-0.4, -0.2) is 51.0 Å². The van der Waals surface area contributed by atoms with Crippen LogP contribution in [0.5, 0.6) is 0 Å². The van der Waals surface area contributed by atoms with Crippen molar-refractivity contribution in [3.8, 4) is 0 Å². The third kappa shape index (κ3) is 4.83. The molecule has 0 saturated carbocycles. The summed E-state index contributed by atoms with van der Waals surface area (Å²) in [6, 6.07) is 7.58. The Bertz CT molecular complexity index is 1180. The van der Waals surface area contributed by atoms with Gasteiger partial charge in [0.25, 0.3) is 5.56 Å². The zero-order chi connectivity index (χ0) is 24.7. The fraction of sp³-hybridized carbons (Fsp3) is 0.476. The van der Waals surface area contributed by atoms with E-state index in [0.29, 0.717) is 5.56 Å². The second-order valence-electron chi connectivity index (χ2n) is 8.37. The molecular weight excluding hydrogens is 474 g/mol. The number of rotatable bonds is 6. The van der Waals surface area contributed by atoms with Crippen LogP contribution in [0.1, 0.15) is 42.9 Å². The number of benzene rings is 1. The minimum absolute atomic E-state index is 0.245. The lowest BCUT2D eigenvalue weighted by Gasteiger charge is -2.30. The number of aromatic nitrogens is 2. The predicted octanol–water partition coefficient (Wildman–Crippen LogP) is 2.03. The predicted molar refractivity (Wildman–Crippen MR) is 116 cm³/mol. The van der Waals surface area contributed by atoms with Crippen molar-refractivity contribution in [2.75, 3.05) is 6.61 Å². The van der Waals surface area contributed by atoms with Crippen LogP contribution in [0.4, 0.5) is 4.39 Å². The van der Waals surface area contributed by atoms with E-state index < -0.39 is 49.5 Å². The second kappa shape index (κ2) is 9.29. The first-order valence-corrected chi connectivity index (χ1v) is 12.0. The summed E-state index contributed by atoms with van der Waals surface area (Å²) in [5.41, 5.74) is -3.11. The van der Waals surface area contributed by atoms with Gasteiger partial charge in [-0.3, -0.25) is 14.3 Å². The van der Waals surface area contributed by atoms with E-state index in [1.807, 2.05) is 4.98 Å². The van der Waals surface area contributed by atoms with Crippen molar-refractivity contribution in [1.82, 2.24) is 9.55 Å². The molecule has 1 unspecified atom stereocenters. The van der Waals surface area contributed by atoms with E-state index in [9.17, 15) is 19.3 Å². The van der Waals surface area contributed by atoms with Gasteiger partial charge in [-0.1, -0.05) is 18.2 Å². The van der Waals surface area contributed by atoms with Gasteiger partial charge in [0.05, 0.1) is 11.7 Å². The van der Waals surface area contributed by atoms with Gasteiger partial charge in [0.15, 0.2) is 18.0 Å². The molecule has 13 heteroatoms. The van der Waals surface area contributed by atoms with Gasteiger partial charge < -0.3 is 9.47 Å². The van der Waals surface area contributed by atoms with E-state index >= 15 is 4.39 Å². The number of hydrogen-bond acceptors (Lipinski definition) is 9. The highest BCUT2D eigenvalue weighted by Gasteiger charge is 2.67. The molecule has 0 aliphatic carbocycles. The number of esters is 1. The topological polar surface area (TPSA) is 138 Å². The Morgan fingerprint density at radius 2 is 2.09 bits per heavy atom. The number of halogens is 1. The fourth-order valence-electron chi connectivity index (χ4n) is 3.80. The Morgan fingerprint density at radius 3 is 2.79 bits per heavy atom. The number of H-pyrrole nitrogens is 1. The van der Waals surface area contributed by atoms with Crippen molar-refractivity contribution >= 4 is 14.1 Å². The minimum Gasteiger partial charge on any atom is -0.459 e. The van der Waals surface area contributed by atoms with Gasteiger partial charge in [0, 0.05) is 12.3 Å². The van der Waals surface area contributed by atoms with Crippen molar-refractivity contribution < 1.29 is 37.1 Å². The minimum atomic E-state index is -4.01. The summed E-state index contributed by atoms with van der Waals surface area (Å²) in [6.07, 6.45) is -2.92. The van der Waals surface area contributed by atoms with E-state index in [2.05, 4.69) is 0 Å². The average Bonchev–Trinajstić information content (AvgIpc) is 3.02. The van der Waals surface area contributed by atoms with E-state index in [1.54, 1.807) is 38.1 Å². The molecule has 11 nitrogen and oxygen atoms in total. The highest BCUT2D eigenvalue weighted by Crippen LogP contribution is 2.65. The molecule has 2 saturated heterocycles. The number of fused-ring (bicyclic) bond motifs is 1. The van der Waals surface area contributed by atoms with Gasteiger partial charge in [0.2, 0.25) is 0 Å². The van der Waals surface area contributed by atoms with Gasteiger partial charge in [-0.2, -0.15) is 9.42 Å². The van der Waals surface area contributed by atoms with Crippen LogP contribution in [0.25, 0.3) is 0 Å². The molecule has 4 rings (SSSR count). The lowest BCUT2D eigenvalue weighted by molar-refractivity contribution is -0.0829. The second-order valence-corrected chi connectivity index (χ2v) is 10.0. The van der Waals surface area contributed by atoms with Gasteiger partial charge in [0.1, 0.15) is 19.3 Å². The summed E-state index contributed by atoms with van der Waals surface area (Å²) in [6.45, 7) is 4.07. The monoisotopic (exact) mass is 499 g/mol. The molecule has 34 heavy (non-hydrogen) atoms. The van der Waals surface area contributed by atoms with Crippen molar-refractivity contribution in [3.05, 3.63) is 68.5 Å². The summed E-state index contributed by atoms with van der Waals surface area (Å²) in [4.78, 5) is 48.7. The molecule has 5 atom stereocenters. The van der Waals surface area contributed by atoms with Gasteiger partial charge in [-0.05, 0) is 32.4 Å². The van der Waals surface area contributed by atoms with Crippen LogP contribution < -0.4 is 11.2 Å². The molecule has 2 aromatic rings. The largest absolute Gasteiger partial charge is 0.573 e. The Kier molecular flexibility index (Phi) is 6.74. The Balaban J connectivity index is 1.50. The van der Waals surface area contributed by atoms with Gasteiger partial charge in [-0.15, -0.1) is 9.05 Å². The van der Waals surface area contributed by atoms with Gasteiger partial charge >= 0.3 is 19.8 Å². The number of carbonyl (C=O) groups is 1. The molecule has 0 spiro atoms. The summed E-state index contributed by atoms with van der Waals surface area (Å²) in [5.74, 6) is -0.556. The zero-order valence-electron chi connectivity index (χ0n) is 18.7. The molecule has 1 aromatic carbocycles. The summed E-state index contributed by atoms with van der Waals surface area (Å²) in [7, 11) is -4.01. The van der Waals surface area contributed by atoms with E-state index in [-0.39, 0.29) is 24.9 Å². The molecule has 0 bridgehead atoms. The zero-order valence-corrected chi connectivity index (χ0v) is 19.6. The van der Waals surface area contributed by atoms with Crippen molar-refractivity contribution in [2.24, 2.45) is 0 Å². The Morgan fingerprint density at radius 1 is 1.35 bits per heavy atom. The highest BCUT2D eigenvalue weighted by atomic mass is 31.2. The lowest BCUT2D eigenvalue weighted by atomic mass is 9.98. The fourth-order valence-corrected chi connectivity index (χ4v) is 5.27. The first-order valence-electron chi connectivity index (χ1n) is 10.5. The normalized spacial score (nSPS) is 30.8. The number of hydrogen-bond donors (Lipinski definition) is 2. The molecule has 0 amide bonds. The smallest absolute Gasteiger partial charge is 0.459 e. The maximum Gasteiger partial charge on any atom is 0.573 e. The maximum absolute atomic E-state index is 15.8. The number of alkyl halides is 1. The van der Waals surface area contributed by atoms with Crippen LogP contribution in [0.2, 0.25) is 0 Å². The SMILES string of the molecule is CC(C)OC(=O)c1ccccc1CO[P+]1(O)OC[C@H]2O[C@@H](n3ccc(=O)[nH]c3=O)[C@](C)(F)[C@@H]2O1. The standard InChI is InChI=1S/C21H24FN2O9P/c1-12(2)31-18(26)14-7-5-4-6-13(14)10-29-34(28)30-11-15-17(33-34)21(3,22)19(32-15)24-9-8-16(25)23-20(24)27/h4-9,12,15,17,19,28H,10-11H2,1-3H3/p+1/t15-,17-,19-,21-,34?/m1/s1. The number of ether oxygens (including phenoxy) is 2. The average molecular weight is 499 g/mol. The quantitative estimate of drug-likeness (QED) is 0.452. The van der Waals surface area contributed by atoms with E-state index in [1.165, 1.54) is 0 Å². The van der Waals surface area contributed by atoms with Crippen LogP contribution in [0.3, 0.4) is 0 Å². The highest BCUT2D eigenvalue weighted by molar-refractivity contribution is 7.55. The van der Waals surface area contributed by atoms with Crippen LogP contribution >= 0.6 is 8.17 Å². The van der Waals surface area contributed by atoms with E-state index in [4.69, 9.17) is 23.0 Å². The van der Waals surface area contributed by atoms with Crippen molar-refractivity contribution in [1.29, 1.82) is 0 Å². The summed E-state index contributed by atoms with van der Waals surface area (Å²) in [5, 5.41) is 0. The van der Waals surface area contributed by atoms with Gasteiger partial charge in [-0.25, -0.2) is 14.0 Å². The first-order chi connectivity index (χ1) is 16.0. The van der Waals surface area contributed by atoms with Crippen LogP contribution in [-0.2, 0) is 29.7 Å². The molecule has 2 N–H and O–H groups in total. The molecule has 2 aliphatic heterocycles. The van der Waals surface area contributed by atoms with E-state index in [0.717, 1.165) is 23.8 Å². The molecule has 184 valence electrons. The first kappa shape index (κ1) is 24.6. The number of aromatic amines is 1. The Hall–Kier alpha value is -2.47. The van der Waals surface area contributed by atoms with Crippen molar-refractivity contribution in [3.63, 3.8) is 0 Å². The van der Waals surface area contributed by atoms with Crippen LogP contribution in [0, 0.1) is 0 Å². The molecule has 2 fully saturated rings. The third-order valence-electron chi connectivity index (χ3n) is 5.40. The molecule has 1 aromatic heterocycles. The maximum atomic E-state index is 15.8. The third-order valence-corrected chi connectivity index (χ3v) is 6.82. The number of nitrogens with zero attached hydrogens (tertiary/aromatic N) is 1. The summed E-state index contributed by atoms with van der Waals surface area (Å²) >= 11 is 0. The lowest BCUT2D eigenvalue weighted by Crippen LogP contribution is -2.47. The molecule has 2 aliphatic rings. The number of carbonyl (C=O) groups excluding carboxylic acids is 1.